The third-order valence-electron chi connectivity index (χ3n) is 6.46. The largest absolute Gasteiger partial charge is 0.495 e. The molecule has 33 heavy (non-hydrogen) atoms. The van der Waals surface area contributed by atoms with E-state index in [-0.39, 0.29) is 16.8 Å². The van der Waals surface area contributed by atoms with Gasteiger partial charge >= 0.3 is 0 Å². The lowest BCUT2D eigenvalue weighted by Crippen LogP contribution is -2.42. The minimum Gasteiger partial charge on any atom is -0.495 e. The monoisotopic (exact) mass is 472 g/mol. The topological polar surface area (TPSA) is 99.8 Å². The predicted molar refractivity (Wildman–Crippen MR) is 126 cm³/mol. The quantitative estimate of drug-likeness (QED) is 0.572. The number of sulfonamides is 1. The molecule has 2 aromatic rings. The SMILES string of the molecule is COc1ccc(C2CC(C(=O)NCc3ccccc3C)NN2)cc1S(=O)(=O)N1CCCCC1. The summed E-state index contributed by atoms with van der Waals surface area (Å²) < 4.78 is 33.5. The van der Waals surface area contributed by atoms with Crippen molar-refractivity contribution in [1.82, 2.24) is 20.5 Å². The highest BCUT2D eigenvalue weighted by Crippen LogP contribution is 2.33. The third kappa shape index (κ3) is 5.22. The van der Waals surface area contributed by atoms with E-state index in [1.54, 1.807) is 16.4 Å². The summed E-state index contributed by atoms with van der Waals surface area (Å²) in [6.07, 6.45) is 3.30. The predicted octanol–water partition coefficient (Wildman–Crippen LogP) is 2.40. The summed E-state index contributed by atoms with van der Waals surface area (Å²) in [6, 6.07) is 12.6. The van der Waals surface area contributed by atoms with E-state index in [0.717, 1.165) is 36.0 Å². The second-order valence-corrected chi connectivity index (χ2v) is 10.6. The number of carbonyl (C=O) groups is 1. The van der Waals surface area contributed by atoms with Crippen molar-refractivity contribution in [2.45, 2.75) is 56.1 Å². The molecule has 178 valence electrons. The van der Waals surface area contributed by atoms with Crippen LogP contribution in [0.25, 0.3) is 0 Å². The first-order valence-corrected chi connectivity index (χ1v) is 12.9. The molecule has 3 N–H and O–H groups in total. The van der Waals surface area contributed by atoms with Crippen LogP contribution < -0.4 is 20.9 Å². The molecule has 2 aliphatic heterocycles. The van der Waals surface area contributed by atoms with Crippen molar-refractivity contribution in [2.75, 3.05) is 20.2 Å². The van der Waals surface area contributed by atoms with Crippen molar-refractivity contribution in [1.29, 1.82) is 0 Å². The van der Waals surface area contributed by atoms with Gasteiger partial charge in [0, 0.05) is 25.7 Å². The molecule has 2 unspecified atom stereocenters. The van der Waals surface area contributed by atoms with Gasteiger partial charge in [-0.2, -0.15) is 4.31 Å². The van der Waals surface area contributed by atoms with E-state index < -0.39 is 16.1 Å². The molecule has 1 amide bonds. The van der Waals surface area contributed by atoms with Crippen LogP contribution in [-0.2, 0) is 21.4 Å². The molecule has 9 heteroatoms. The van der Waals surface area contributed by atoms with Crippen LogP contribution in [-0.4, -0.2) is 44.9 Å². The zero-order valence-corrected chi connectivity index (χ0v) is 20.0. The molecule has 0 saturated carbocycles. The average molecular weight is 473 g/mol. The lowest BCUT2D eigenvalue weighted by molar-refractivity contribution is -0.123. The minimum absolute atomic E-state index is 0.0945. The summed E-state index contributed by atoms with van der Waals surface area (Å²) in [6.45, 7) is 3.55. The number of rotatable bonds is 7. The summed E-state index contributed by atoms with van der Waals surface area (Å²) in [5.41, 5.74) is 9.21. The third-order valence-corrected chi connectivity index (χ3v) is 8.38. The van der Waals surface area contributed by atoms with Crippen molar-refractivity contribution in [2.24, 2.45) is 0 Å². The van der Waals surface area contributed by atoms with Crippen LogP contribution in [0, 0.1) is 6.92 Å². The molecule has 8 nitrogen and oxygen atoms in total. The van der Waals surface area contributed by atoms with Crippen molar-refractivity contribution >= 4 is 15.9 Å². The molecule has 0 bridgehead atoms. The van der Waals surface area contributed by atoms with Crippen LogP contribution in [0.2, 0.25) is 0 Å². The zero-order chi connectivity index (χ0) is 23.4. The first-order valence-electron chi connectivity index (χ1n) is 11.4. The number of carbonyl (C=O) groups excluding carboxylic acids is 1. The number of benzene rings is 2. The molecule has 0 spiro atoms. The number of hydrogen-bond acceptors (Lipinski definition) is 6. The number of nitrogens with one attached hydrogen (secondary N) is 3. The number of hydrogen-bond donors (Lipinski definition) is 3. The Kier molecular flexibility index (Phi) is 7.33. The van der Waals surface area contributed by atoms with Crippen LogP contribution in [0.4, 0.5) is 0 Å². The Bertz CT molecular complexity index is 1100. The molecule has 2 heterocycles. The molecule has 2 atom stereocenters. The van der Waals surface area contributed by atoms with Gasteiger partial charge in [-0.25, -0.2) is 19.3 Å². The summed E-state index contributed by atoms with van der Waals surface area (Å²) in [5, 5.41) is 2.99. The number of aryl methyl sites for hydroxylation is 1. The summed E-state index contributed by atoms with van der Waals surface area (Å²) in [7, 11) is -2.17. The highest BCUT2D eigenvalue weighted by molar-refractivity contribution is 7.89. The van der Waals surface area contributed by atoms with Crippen molar-refractivity contribution in [3.63, 3.8) is 0 Å². The van der Waals surface area contributed by atoms with Gasteiger partial charge < -0.3 is 10.1 Å². The molecular formula is C24H32N4O4S. The van der Waals surface area contributed by atoms with Crippen molar-refractivity contribution < 1.29 is 17.9 Å². The number of ether oxygens (including phenoxy) is 1. The molecule has 0 aliphatic carbocycles. The van der Waals surface area contributed by atoms with E-state index in [4.69, 9.17) is 4.74 Å². The van der Waals surface area contributed by atoms with Gasteiger partial charge in [0.1, 0.15) is 16.7 Å². The fraction of sp³-hybridized carbons (Fsp3) is 0.458. The second-order valence-electron chi connectivity index (χ2n) is 8.65. The van der Waals surface area contributed by atoms with Gasteiger partial charge in [-0.05, 0) is 55.0 Å². The first-order chi connectivity index (χ1) is 15.9. The van der Waals surface area contributed by atoms with E-state index in [9.17, 15) is 13.2 Å². The Labute approximate surface area is 195 Å². The van der Waals surface area contributed by atoms with Crippen LogP contribution in [0.15, 0.2) is 47.4 Å². The number of methoxy groups -OCH3 is 1. The number of hydrazine groups is 1. The normalized spacial score (nSPS) is 21.6. The smallest absolute Gasteiger partial charge is 0.246 e. The van der Waals surface area contributed by atoms with Gasteiger partial charge in [0.25, 0.3) is 0 Å². The average Bonchev–Trinajstić information content (AvgIpc) is 3.34. The van der Waals surface area contributed by atoms with E-state index in [0.29, 0.717) is 31.8 Å². The van der Waals surface area contributed by atoms with E-state index >= 15 is 0 Å². The second kappa shape index (κ2) is 10.2. The number of piperidine rings is 1. The van der Waals surface area contributed by atoms with Crippen LogP contribution in [0.5, 0.6) is 5.75 Å². The van der Waals surface area contributed by atoms with E-state index in [1.165, 1.54) is 7.11 Å². The van der Waals surface area contributed by atoms with Gasteiger partial charge in [0.2, 0.25) is 15.9 Å². The van der Waals surface area contributed by atoms with Crippen molar-refractivity contribution in [3.8, 4) is 5.75 Å². The standard InChI is InChI=1S/C24H32N4O4S/c1-17-8-4-5-9-19(17)16-25-24(29)21-15-20(26-27-21)18-10-11-22(32-2)23(14-18)33(30,31)28-12-6-3-7-13-28/h4-5,8-11,14,20-21,26-27H,3,6-7,12-13,15-16H2,1-2H3,(H,25,29). The lowest BCUT2D eigenvalue weighted by atomic mass is 10.0. The van der Waals surface area contributed by atoms with Crippen LogP contribution >= 0.6 is 0 Å². The van der Waals surface area contributed by atoms with E-state index in [2.05, 4.69) is 16.2 Å². The summed E-state index contributed by atoms with van der Waals surface area (Å²) in [5.74, 6) is 0.241. The maximum Gasteiger partial charge on any atom is 0.246 e. The minimum atomic E-state index is -3.65. The molecular weight excluding hydrogens is 440 g/mol. The molecule has 4 rings (SSSR count). The molecule has 2 aliphatic rings. The fourth-order valence-corrected chi connectivity index (χ4v) is 6.12. The zero-order valence-electron chi connectivity index (χ0n) is 19.1. The van der Waals surface area contributed by atoms with Gasteiger partial charge in [-0.15, -0.1) is 0 Å². The molecule has 0 radical (unpaired) electrons. The maximum absolute atomic E-state index is 13.3. The maximum atomic E-state index is 13.3. The highest BCUT2D eigenvalue weighted by Gasteiger charge is 2.33. The molecule has 2 saturated heterocycles. The summed E-state index contributed by atoms with van der Waals surface area (Å²) >= 11 is 0. The molecule has 2 aromatic carbocycles. The van der Waals surface area contributed by atoms with Gasteiger partial charge in [0.05, 0.1) is 7.11 Å². The number of nitrogens with zero attached hydrogens (tertiary/aromatic N) is 1. The van der Waals surface area contributed by atoms with Crippen LogP contribution in [0.3, 0.4) is 0 Å². The Hall–Kier alpha value is -2.46. The molecule has 0 aromatic heterocycles. The highest BCUT2D eigenvalue weighted by atomic mass is 32.2. The Morgan fingerprint density at radius 1 is 1.12 bits per heavy atom. The Morgan fingerprint density at radius 3 is 2.61 bits per heavy atom. The Morgan fingerprint density at radius 2 is 1.88 bits per heavy atom. The van der Waals surface area contributed by atoms with Gasteiger partial charge in [-0.3, -0.25) is 4.79 Å². The van der Waals surface area contributed by atoms with Gasteiger partial charge in [0.15, 0.2) is 0 Å². The fourth-order valence-electron chi connectivity index (χ4n) is 4.42. The molecule has 2 fully saturated rings. The number of amides is 1. The van der Waals surface area contributed by atoms with E-state index in [1.807, 2.05) is 37.3 Å². The van der Waals surface area contributed by atoms with Crippen molar-refractivity contribution in [3.05, 3.63) is 59.2 Å². The Balaban J connectivity index is 1.46. The summed E-state index contributed by atoms with van der Waals surface area (Å²) in [4.78, 5) is 12.9. The van der Waals surface area contributed by atoms with Gasteiger partial charge in [-0.1, -0.05) is 36.8 Å². The first kappa shape index (κ1) is 23.7. The van der Waals surface area contributed by atoms with Crippen LogP contribution in [0.1, 0.15) is 48.4 Å². The lowest BCUT2D eigenvalue weighted by Gasteiger charge is -2.27.